The van der Waals surface area contributed by atoms with Crippen molar-refractivity contribution in [2.45, 2.75) is 52.9 Å². The standard InChI is InChI=1S/C18H26N2/c1-7-19-17-11-16(12(2)3)20-15-9-8-13(10-14(15)17)18(4,5)6/h8-12H,7H2,1-6H3,(H,19,20). The Bertz CT molecular complexity index is 607. The Labute approximate surface area is 122 Å². The van der Waals surface area contributed by atoms with Crippen molar-refractivity contribution in [3.8, 4) is 0 Å². The number of fused-ring (bicyclic) bond motifs is 1. The molecule has 2 rings (SSSR count). The Morgan fingerprint density at radius 2 is 1.85 bits per heavy atom. The Balaban J connectivity index is 2.67. The van der Waals surface area contributed by atoms with Crippen molar-refractivity contribution < 1.29 is 0 Å². The summed E-state index contributed by atoms with van der Waals surface area (Å²) in [5, 5.41) is 4.71. The Morgan fingerprint density at radius 1 is 1.15 bits per heavy atom. The third-order valence-corrected chi connectivity index (χ3v) is 3.65. The van der Waals surface area contributed by atoms with Crippen LogP contribution in [0.4, 0.5) is 5.69 Å². The second-order valence-electron chi connectivity index (χ2n) is 6.76. The molecular formula is C18H26N2. The van der Waals surface area contributed by atoms with Crippen LogP contribution in [0.5, 0.6) is 0 Å². The molecule has 0 saturated carbocycles. The van der Waals surface area contributed by atoms with E-state index in [2.05, 4.69) is 71.1 Å². The van der Waals surface area contributed by atoms with Gasteiger partial charge in [-0.25, -0.2) is 0 Å². The molecule has 1 N–H and O–H groups in total. The van der Waals surface area contributed by atoms with Crippen LogP contribution in [-0.2, 0) is 5.41 Å². The molecule has 1 aromatic carbocycles. The van der Waals surface area contributed by atoms with Gasteiger partial charge in [-0.05, 0) is 42.0 Å². The zero-order valence-electron chi connectivity index (χ0n) is 13.5. The van der Waals surface area contributed by atoms with Crippen molar-refractivity contribution >= 4 is 16.6 Å². The van der Waals surface area contributed by atoms with Gasteiger partial charge in [0, 0.05) is 23.3 Å². The van der Waals surface area contributed by atoms with E-state index in [1.165, 1.54) is 16.6 Å². The predicted molar refractivity (Wildman–Crippen MR) is 88.7 cm³/mol. The maximum atomic E-state index is 4.80. The highest BCUT2D eigenvalue weighted by molar-refractivity contribution is 5.92. The summed E-state index contributed by atoms with van der Waals surface area (Å²) in [6, 6.07) is 8.84. The second kappa shape index (κ2) is 5.43. The lowest BCUT2D eigenvalue weighted by atomic mass is 9.86. The molecule has 0 bridgehead atoms. The molecule has 0 atom stereocenters. The number of hydrogen-bond donors (Lipinski definition) is 1. The molecule has 0 aliphatic rings. The molecule has 1 aromatic heterocycles. The fourth-order valence-corrected chi connectivity index (χ4v) is 2.35. The minimum Gasteiger partial charge on any atom is -0.385 e. The topological polar surface area (TPSA) is 24.9 Å². The minimum atomic E-state index is 0.161. The molecule has 0 amide bonds. The lowest BCUT2D eigenvalue weighted by Crippen LogP contribution is -2.11. The highest BCUT2D eigenvalue weighted by atomic mass is 14.9. The number of hydrogen-bond acceptors (Lipinski definition) is 2. The van der Waals surface area contributed by atoms with Gasteiger partial charge in [-0.2, -0.15) is 0 Å². The third kappa shape index (κ3) is 2.95. The van der Waals surface area contributed by atoms with Crippen LogP contribution in [0.3, 0.4) is 0 Å². The predicted octanol–water partition coefficient (Wildman–Crippen LogP) is 5.09. The first-order chi connectivity index (χ1) is 9.32. The second-order valence-corrected chi connectivity index (χ2v) is 6.76. The van der Waals surface area contributed by atoms with Crippen molar-refractivity contribution in [1.29, 1.82) is 0 Å². The number of anilines is 1. The lowest BCUT2D eigenvalue weighted by Gasteiger charge is -2.20. The van der Waals surface area contributed by atoms with E-state index in [0.29, 0.717) is 5.92 Å². The van der Waals surface area contributed by atoms with Crippen molar-refractivity contribution in [2.75, 3.05) is 11.9 Å². The Hall–Kier alpha value is -1.57. The summed E-state index contributed by atoms with van der Waals surface area (Å²) in [7, 11) is 0. The van der Waals surface area contributed by atoms with Gasteiger partial charge in [0.15, 0.2) is 0 Å². The average Bonchev–Trinajstić information content (AvgIpc) is 2.37. The largest absolute Gasteiger partial charge is 0.385 e. The zero-order chi connectivity index (χ0) is 14.9. The highest BCUT2D eigenvalue weighted by Gasteiger charge is 2.16. The maximum absolute atomic E-state index is 4.80. The summed E-state index contributed by atoms with van der Waals surface area (Å²) in [5.41, 5.74) is 4.95. The van der Waals surface area contributed by atoms with Gasteiger partial charge >= 0.3 is 0 Å². The first-order valence-electron chi connectivity index (χ1n) is 7.52. The van der Waals surface area contributed by atoms with Crippen molar-refractivity contribution in [2.24, 2.45) is 0 Å². The van der Waals surface area contributed by atoms with E-state index in [1.54, 1.807) is 0 Å². The zero-order valence-corrected chi connectivity index (χ0v) is 13.5. The van der Waals surface area contributed by atoms with Gasteiger partial charge < -0.3 is 5.32 Å². The molecular weight excluding hydrogens is 244 g/mol. The van der Waals surface area contributed by atoms with Gasteiger partial charge in [0.05, 0.1) is 5.52 Å². The summed E-state index contributed by atoms with van der Waals surface area (Å²) in [5.74, 6) is 0.444. The molecule has 2 aromatic rings. The van der Waals surface area contributed by atoms with Crippen LogP contribution < -0.4 is 5.32 Å². The van der Waals surface area contributed by atoms with E-state index in [9.17, 15) is 0 Å². The minimum absolute atomic E-state index is 0.161. The van der Waals surface area contributed by atoms with Gasteiger partial charge in [-0.1, -0.05) is 40.7 Å². The number of benzene rings is 1. The average molecular weight is 270 g/mol. The summed E-state index contributed by atoms with van der Waals surface area (Å²) < 4.78 is 0. The third-order valence-electron chi connectivity index (χ3n) is 3.65. The monoisotopic (exact) mass is 270 g/mol. The number of rotatable bonds is 3. The van der Waals surface area contributed by atoms with Crippen LogP contribution in [0.25, 0.3) is 10.9 Å². The number of nitrogens with one attached hydrogen (secondary N) is 1. The summed E-state index contributed by atoms with van der Waals surface area (Å²) >= 11 is 0. The lowest BCUT2D eigenvalue weighted by molar-refractivity contribution is 0.591. The molecule has 2 nitrogen and oxygen atoms in total. The molecule has 0 radical (unpaired) electrons. The molecule has 0 saturated heterocycles. The van der Waals surface area contributed by atoms with Crippen molar-refractivity contribution in [3.05, 3.63) is 35.5 Å². The number of pyridine rings is 1. The van der Waals surface area contributed by atoms with Gasteiger partial charge in [0.1, 0.15) is 0 Å². The molecule has 1 heterocycles. The molecule has 0 spiro atoms. The number of nitrogens with zero attached hydrogens (tertiary/aromatic N) is 1. The van der Waals surface area contributed by atoms with E-state index < -0.39 is 0 Å². The van der Waals surface area contributed by atoms with Gasteiger partial charge in [0.2, 0.25) is 0 Å². The van der Waals surface area contributed by atoms with Crippen LogP contribution >= 0.6 is 0 Å². The van der Waals surface area contributed by atoms with E-state index in [1.807, 2.05) is 0 Å². The molecule has 0 fully saturated rings. The van der Waals surface area contributed by atoms with Gasteiger partial charge in [-0.15, -0.1) is 0 Å². The van der Waals surface area contributed by atoms with E-state index in [0.717, 1.165) is 17.8 Å². The van der Waals surface area contributed by atoms with Crippen LogP contribution in [0, 0.1) is 0 Å². The highest BCUT2D eigenvalue weighted by Crippen LogP contribution is 2.31. The fourth-order valence-electron chi connectivity index (χ4n) is 2.35. The van der Waals surface area contributed by atoms with E-state index in [-0.39, 0.29) is 5.41 Å². The van der Waals surface area contributed by atoms with E-state index >= 15 is 0 Å². The van der Waals surface area contributed by atoms with Crippen LogP contribution in [0.1, 0.15) is 58.7 Å². The van der Waals surface area contributed by atoms with Crippen molar-refractivity contribution in [3.63, 3.8) is 0 Å². The van der Waals surface area contributed by atoms with Crippen LogP contribution in [0.2, 0.25) is 0 Å². The summed E-state index contributed by atoms with van der Waals surface area (Å²) in [4.78, 5) is 4.80. The van der Waals surface area contributed by atoms with E-state index in [4.69, 9.17) is 4.98 Å². The molecule has 0 unspecified atom stereocenters. The Kier molecular flexibility index (Phi) is 4.03. The smallest absolute Gasteiger partial charge is 0.0726 e. The van der Waals surface area contributed by atoms with Crippen molar-refractivity contribution in [1.82, 2.24) is 4.98 Å². The van der Waals surface area contributed by atoms with Gasteiger partial charge in [-0.3, -0.25) is 4.98 Å². The first kappa shape index (κ1) is 14.8. The number of aromatic nitrogens is 1. The van der Waals surface area contributed by atoms with Crippen LogP contribution in [0.15, 0.2) is 24.3 Å². The Morgan fingerprint density at radius 3 is 2.40 bits per heavy atom. The van der Waals surface area contributed by atoms with Crippen LogP contribution in [-0.4, -0.2) is 11.5 Å². The quantitative estimate of drug-likeness (QED) is 0.840. The first-order valence-corrected chi connectivity index (χ1v) is 7.52. The van der Waals surface area contributed by atoms with Gasteiger partial charge in [0.25, 0.3) is 0 Å². The summed E-state index contributed by atoms with van der Waals surface area (Å²) in [6.07, 6.45) is 0. The summed E-state index contributed by atoms with van der Waals surface area (Å²) in [6.45, 7) is 14.2. The fraction of sp³-hybridized carbons (Fsp3) is 0.500. The molecule has 2 heteroatoms. The molecule has 0 aliphatic heterocycles. The molecule has 20 heavy (non-hydrogen) atoms. The normalized spacial score (nSPS) is 12.2. The molecule has 108 valence electrons. The molecule has 0 aliphatic carbocycles. The maximum Gasteiger partial charge on any atom is 0.0726 e. The SMILES string of the molecule is CCNc1cc(C(C)C)nc2ccc(C(C)(C)C)cc12.